The molecule has 23 heavy (non-hydrogen) atoms. The molecular weight excluding hydrogens is 337 g/mol. The highest BCUT2D eigenvalue weighted by Crippen LogP contribution is 2.45. The minimum Gasteiger partial charge on any atom is -0.192 e. The van der Waals surface area contributed by atoms with Gasteiger partial charge in [-0.05, 0) is 42.8 Å². The number of hydrogen-bond acceptors (Lipinski definition) is 1. The number of halogens is 6. The summed E-state index contributed by atoms with van der Waals surface area (Å²) in [6, 6.07) is 9.61. The SMILES string of the molecule is Cc1[c]cc(C#N)c(-c2cc(C(F)(F)C(F)(F)F)ccc2Cl)c1. The van der Waals surface area contributed by atoms with E-state index in [0.29, 0.717) is 17.7 Å². The van der Waals surface area contributed by atoms with Gasteiger partial charge in [0.15, 0.2) is 0 Å². The summed E-state index contributed by atoms with van der Waals surface area (Å²) in [5.41, 5.74) is -0.470. The van der Waals surface area contributed by atoms with Crippen LogP contribution in [0.2, 0.25) is 5.02 Å². The standard InChI is InChI=1S/C16H8ClF5N/c1-9-2-3-10(8-23)12(6-9)13-7-11(4-5-14(13)17)15(18,19)16(20,21)22/h3-7H,1H3. The molecule has 0 amide bonds. The third-order valence-corrected chi connectivity index (χ3v) is 3.52. The van der Waals surface area contributed by atoms with Crippen LogP contribution in [0, 0.1) is 24.3 Å². The first-order valence-corrected chi connectivity index (χ1v) is 6.63. The molecule has 2 rings (SSSR count). The van der Waals surface area contributed by atoms with E-state index < -0.39 is 17.7 Å². The van der Waals surface area contributed by atoms with Crippen molar-refractivity contribution in [2.45, 2.75) is 19.0 Å². The van der Waals surface area contributed by atoms with Gasteiger partial charge in [-0.15, -0.1) is 0 Å². The maximum absolute atomic E-state index is 13.5. The summed E-state index contributed by atoms with van der Waals surface area (Å²) in [7, 11) is 0. The highest BCUT2D eigenvalue weighted by Gasteiger charge is 2.58. The lowest BCUT2D eigenvalue weighted by Crippen LogP contribution is -2.33. The molecule has 2 aromatic carbocycles. The highest BCUT2D eigenvalue weighted by molar-refractivity contribution is 6.33. The van der Waals surface area contributed by atoms with E-state index in [4.69, 9.17) is 16.9 Å². The number of hydrogen-bond donors (Lipinski definition) is 0. The van der Waals surface area contributed by atoms with Crippen LogP contribution in [0.25, 0.3) is 11.1 Å². The molecule has 0 spiro atoms. The Morgan fingerprint density at radius 2 is 1.74 bits per heavy atom. The van der Waals surface area contributed by atoms with Crippen LogP contribution in [-0.4, -0.2) is 6.18 Å². The van der Waals surface area contributed by atoms with Crippen molar-refractivity contribution in [3.63, 3.8) is 0 Å². The van der Waals surface area contributed by atoms with Crippen LogP contribution in [0.15, 0.2) is 30.3 Å². The molecule has 0 bridgehead atoms. The molecule has 0 aliphatic carbocycles. The van der Waals surface area contributed by atoms with E-state index in [-0.39, 0.29) is 21.7 Å². The van der Waals surface area contributed by atoms with Crippen LogP contribution in [-0.2, 0) is 5.92 Å². The summed E-state index contributed by atoms with van der Waals surface area (Å²) in [5, 5.41) is 9.05. The highest BCUT2D eigenvalue weighted by atomic mass is 35.5. The van der Waals surface area contributed by atoms with Gasteiger partial charge in [0.05, 0.1) is 11.6 Å². The van der Waals surface area contributed by atoms with Crippen LogP contribution in [0.4, 0.5) is 22.0 Å². The van der Waals surface area contributed by atoms with Gasteiger partial charge in [-0.2, -0.15) is 27.2 Å². The molecule has 0 N–H and O–H groups in total. The van der Waals surface area contributed by atoms with E-state index in [0.717, 1.165) is 6.07 Å². The van der Waals surface area contributed by atoms with Crippen LogP contribution in [0.5, 0.6) is 0 Å². The number of nitriles is 1. The first-order chi connectivity index (χ1) is 10.6. The molecule has 0 saturated carbocycles. The smallest absolute Gasteiger partial charge is 0.192 e. The Morgan fingerprint density at radius 3 is 2.30 bits per heavy atom. The Labute approximate surface area is 133 Å². The minimum atomic E-state index is -5.73. The average molecular weight is 345 g/mol. The Kier molecular flexibility index (Phi) is 4.36. The van der Waals surface area contributed by atoms with Crippen molar-refractivity contribution in [2.24, 2.45) is 0 Å². The van der Waals surface area contributed by atoms with Crippen molar-refractivity contribution in [3.8, 4) is 17.2 Å². The third-order valence-electron chi connectivity index (χ3n) is 3.19. The van der Waals surface area contributed by atoms with E-state index in [9.17, 15) is 22.0 Å². The summed E-state index contributed by atoms with van der Waals surface area (Å²) in [6.45, 7) is 1.65. The Hall–Kier alpha value is -2.13. The van der Waals surface area contributed by atoms with Crippen molar-refractivity contribution < 1.29 is 22.0 Å². The Morgan fingerprint density at radius 1 is 1.09 bits per heavy atom. The number of nitrogens with zero attached hydrogens (tertiary/aromatic N) is 1. The molecule has 7 heteroatoms. The minimum absolute atomic E-state index is 0.0335. The molecule has 0 atom stereocenters. The molecule has 1 radical (unpaired) electrons. The first kappa shape index (κ1) is 17.2. The lowest BCUT2D eigenvalue weighted by atomic mass is 9.95. The van der Waals surface area contributed by atoms with E-state index >= 15 is 0 Å². The van der Waals surface area contributed by atoms with Gasteiger partial charge in [-0.25, -0.2) is 0 Å². The molecule has 2 aromatic rings. The fraction of sp³-hybridized carbons (Fsp3) is 0.188. The van der Waals surface area contributed by atoms with Gasteiger partial charge in [0.1, 0.15) is 0 Å². The second-order valence-corrected chi connectivity index (χ2v) is 5.23. The topological polar surface area (TPSA) is 23.8 Å². The lowest BCUT2D eigenvalue weighted by molar-refractivity contribution is -0.289. The molecule has 0 aliphatic heterocycles. The summed E-state index contributed by atoms with van der Waals surface area (Å²) >= 11 is 5.93. The first-order valence-electron chi connectivity index (χ1n) is 6.25. The second kappa shape index (κ2) is 5.82. The quantitative estimate of drug-likeness (QED) is 0.647. The predicted molar refractivity (Wildman–Crippen MR) is 75.1 cm³/mol. The van der Waals surface area contributed by atoms with Crippen LogP contribution in [0.1, 0.15) is 16.7 Å². The van der Waals surface area contributed by atoms with E-state index in [1.807, 2.05) is 6.07 Å². The third kappa shape index (κ3) is 3.15. The van der Waals surface area contributed by atoms with Crippen molar-refractivity contribution in [1.29, 1.82) is 5.26 Å². The van der Waals surface area contributed by atoms with Gasteiger partial charge in [0, 0.05) is 21.7 Å². The van der Waals surface area contributed by atoms with E-state index in [1.54, 1.807) is 6.92 Å². The van der Waals surface area contributed by atoms with Crippen molar-refractivity contribution in [2.75, 3.05) is 0 Å². The van der Waals surface area contributed by atoms with Crippen molar-refractivity contribution in [3.05, 3.63) is 58.1 Å². The van der Waals surface area contributed by atoms with Gasteiger partial charge < -0.3 is 0 Å². The molecule has 0 saturated heterocycles. The summed E-state index contributed by atoms with van der Waals surface area (Å²) in [5.74, 6) is -5.02. The van der Waals surface area contributed by atoms with Gasteiger partial charge in [0.25, 0.3) is 0 Å². The summed E-state index contributed by atoms with van der Waals surface area (Å²) < 4.78 is 64.6. The summed E-state index contributed by atoms with van der Waals surface area (Å²) in [6.07, 6.45) is -5.73. The Bertz CT molecular complexity index is 790. The molecule has 0 unspecified atom stereocenters. The normalized spacial score (nSPS) is 12.1. The molecular formula is C16H8ClF5N. The molecule has 0 aromatic heterocycles. The predicted octanol–water partition coefficient (Wildman–Crippen LogP) is 5.64. The maximum atomic E-state index is 13.5. The molecule has 0 fully saturated rings. The molecule has 1 nitrogen and oxygen atoms in total. The largest absolute Gasteiger partial charge is 0.458 e. The van der Waals surface area contributed by atoms with Crippen LogP contribution < -0.4 is 0 Å². The lowest BCUT2D eigenvalue weighted by Gasteiger charge is -2.21. The zero-order valence-electron chi connectivity index (χ0n) is 11.6. The number of rotatable bonds is 2. The summed E-state index contributed by atoms with van der Waals surface area (Å²) in [4.78, 5) is 0. The van der Waals surface area contributed by atoms with E-state index in [1.165, 1.54) is 12.1 Å². The zero-order chi connectivity index (χ0) is 17.4. The van der Waals surface area contributed by atoms with Gasteiger partial charge >= 0.3 is 12.1 Å². The fourth-order valence-corrected chi connectivity index (χ4v) is 2.23. The zero-order valence-corrected chi connectivity index (χ0v) is 12.4. The maximum Gasteiger partial charge on any atom is 0.458 e. The second-order valence-electron chi connectivity index (χ2n) is 4.82. The van der Waals surface area contributed by atoms with Gasteiger partial charge in [-0.1, -0.05) is 17.7 Å². The van der Waals surface area contributed by atoms with E-state index in [2.05, 4.69) is 6.07 Å². The molecule has 0 heterocycles. The van der Waals surface area contributed by atoms with Crippen molar-refractivity contribution >= 4 is 11.6 Å². The van der Waals surface area contributed by atoms with Crippen LogP contribution >= 0.6 is 11.6 Å². The monoisotopic (exact) mass is 344 g/mol. The molecule has 0 aliphatic rings. The average Bonchev–Trinajstić information content (AvgIpc) is 2.46. The van der Waals surface area contributed by atoms with Gasteiger partial charge in [-0.3, -0.25) is 0 Å². The van der Waals surface area contributed by atoms with Gasteiger partial charge in [0.2, 0.25) is 0 Å². The van der Waals surface area contributed by atoms with Crippen molar-refractivity contribution in [1.82, 2.24) is 0 Å². The Balaban J connectivity index is 2.69. The number of aryl methyl sites for hydroxylation is 1. The fourth-order valence-electron chi connectivity index (χ4n) is 2.01. The molecule has 119 valence electrons. The number of alkyl halides is 5. The number of benzene rings is 2. The van der Waals surface area contributed by atoms with Crippen LogP contribution in [0.3, 0.4) is 0 Å².